The first-order valence-electron chi connectivity index (χ1n) is 2.01. The summed E-state index contributed by atoms with van der Waals surface area (Å²) >= 11 is 0. The third-order valence-electron chi connectivity index (χ3n) is 0.813. The molecule has 1 N–H and O–H groups in total. The Balaban J connectivity index is 2.00. The van der Waals surface area contributed by atoms with E-state index in [0.717, 1.165) is 0 Å². The van der Waals surface area contributed by atoms with Crippen LogP contribution in [0, 0.1) is 0 Å². The van der Waals surface area contributed by atoms with E-state index in [1.165, 1.54) is 12.8 Å². The molecule has 0 saturated heterocycles. The molecule has 0 aromatic heterocycles. The van der Waals surface area contributed by atoms with Gasteiger partial charge in [0.1, 0.15) is 0 Å². The van der Waals surface area contributed by atoms with Crippen molar-refractivity contribution < 1.29 is 4.57 Å². The Morgan fingerprint density at radius 3 is 2.50 bits per heavy atom. The highest BCUT2D eigenvalue weighted by Crippen LogP contribution is 2.20. The minimum absolute atomic E-state index is 0.0864. The van der Waals surface area contributed by atoms with Crippen molar-refractivity contribution in [2.24, 2.45) is 0 Å². The van der Waals surface area contributed by atoms with Gasteiger partial charge in [0.2, 0.25) is 8.61 Å². The summed E-state index contributed by atoms with van der Waals surface area (Å²) in [5.41, 5.74) is 0. The molecule has 0 radical (unpaired) electrons. The van der Waals surface area contributed by atoms with Gasteiger partial charge in [0.25, 0.3) is 0 Å². The molecule has 1 saturated carbocycles. The second-order valence-electron chi connectivity index (χ2n) is 1.49. The van der Waals surface area contributed by atoms with Crippen molar-refractivity contribution in [2.75, 3.05) is 0 Å². The van der Waals surface area contributed by atoms with Gasteiger partial charge in [0.15, 0.2) is 0 Å². The van der Waals surface area contributed by atoms with E-state index in [-0.39, 0.29) is 8.61 Å². The van der Waals surface area contributed by atoms with E-state index in [1.54, 1.807) is 0 Å². The lowest BCUT2D eigenvalue weighted by Gasteiger charge is -1.77. The molecule has 2 nitrogen and oxygen atoms in total. The van der Waals surface area contributed by atoms with Crippen LogP contribution in [-0.4, -0.2) is 6.04 Å². The van der Waals surface area contributed by atoms with Crippen molar-refractivity contribution in [1.82, 2.24) is 5.09 Å². The number of hydrogen-bond acceptors (Lipinski definition) is 1. The molecule has 1 aliphatic rings. The molecular weight excluding hydrogens is 97.0 g/mol. The summed E-state index contributed by atoms with van der Waals surface area (Å²) in [6, 6.07) is 0.573. The lowest BCUT2D eigenvalue weighted by molar-refractivity contribution is 0.591. The van der Waals surface area contributed by atoms with E-state index in [0.29, 0.717) is 6.04 Å². The summed E-state index contributed by atoms with van der Waals surface area (Å²) in [4.78, 5) is 0. The minimum atomic E-state index is 0.0864. The van der Waals surface area contributed by atoms with Gasteiger partial charge in [-0.3, -0.25) is 4.57 Å². The van der Waals surface area contributed by atoms with E-state index in [1.807, 2.05) is 0 Å². The molecule has 0 bridgehead atoms. The molecule has 0 aromatic carbocycles. The third-order valence-corrected chi connectivity index (χ3v) is 1.28. The zero-order valence-corrected chi connectivity index (χ0v) is 4.24. The Morgan fingerprint density at radius 1 is 1.67 bits per heavy atom. The van der Waals surface area contributed by atoms with Crippen LogP contribution in [0.1, 0.15) is 12.8 Å². The van der Waals surface area contributed by atoms with Crippen molar-refractivity contribution in [3.63, 3.8) is 0 Å². The van der Waals surface area contributed by atoms with Crippen LogP contribution in [0.3, 0.4) is 0 Å². The van der Waals surface area contributed by atoms with Crippen LogP contribution in [-0.2, 0) is 4.57 Å². The van der Waals surface area contributed by atoms with Crippen LogP contribution in [0.4, 0.5) is 0 Å². The van der Waals surface area contributed by atoms with Gasteiger partial charge >= 0.3 is 0 Å². The molecule has 0 aliphatic heterocycles. The number of nitrogens with one attached hydrogen (secondary N) is 1. The fourth-order valence-electron chi connectivity index (χ4n) is 0.287. The largest absolute Gasteiger partial charge is 0.256 e. The molecule has 0 amide bonds. The predicted octanol–water partition coefficient (Wildman–Crippen LogP) is 0.945. The van der Waals surface area contributed by atoms with Crippen molar-refractivity contribution in [2.45, 2.75) is 18.9 Å². The average Bonchev–Trinajstić information content (AvgIpc) is 2.21. The Kier molecular flexibility index (Phi) is 1.18. The molecule has 1 aliphatic carbocycles. The van der Waals surface area contributed by atoms with Gasteiger partial charge in [0, 0.05) is 6.04 Å². The second-order valence-corrected chi connectivity index (χ2v) is 1.94. The van der Waals surface area contributed by atoms with Crippen molar-refractivity contribution in [1.29, 1.82) is 0 Å². The second kappa shape index (κ2) is 1.67. The van der Waals surface area contributed by atoms with Gasteiger partial charge in [-0.2, -0.15) is 0 Å². The summed E-state index contributed by atoms with van der Waals surface area (Å²) in [5.74, 6) is 0. The van der Waals surface area contributed by atoms with E-state index in [9.17, 15) is 4.57 Å². The van der Waals surface area contributed by atoms with E-state index >= 15 is 0 Å². The highest BCUT2D eigenvalue weighted by molar-refractivity contribution is 7.21. The standard InChI is InChI=1S/C3H6NOP/c5-6-4-3-1-2-3/h3H,1-2H2,(H,4,5). The first-order chi connectivity index (χ1) is 2.93. The summed E-state index contributed by atoms with van der Waals surface area (Å²) in [6.07, 6.45) is 2.41. The molecule has 0 atom stereocenters. The van der Waals surface area contributed by atoms with Gasteiger partial charge in [-0.15, -0.1) is 0 Å². The maximum absolute atomic E-state index is 9.64. The van der Waals surface area contributed by atoms with Crippen molar-refractivity contribution >= 4 is 8.61 Å². The lowest BCUT2D eigenvalue weighted by Crippen LogP contribution is -1.98. The van der Waals surface area contributed by atoms with Crippen LogP contribution < -0.4 is 5.09 Å². The molecule has 1 fully saturated rings. The third kappa shape index (κ3) is 1.04. The fraction of sp³-hybridized carbons (Fsp3) is 1.00. The molecule has 0 heterocycles. The van der Waals surface area contributed by atoms with Crippen LogP contribution in [0.5, 0.6) is 0 Å². The SMILES string of the molecule is O=PNC1CC1. The molecule has 1 rings (SSSR count). The molecule has 3 heteroatoms. The summed E-state index contributed by atoms with van der Waals surface area (Å²) in [7, 11) is 0.0864. The maximum atomic E-state index is 9.64. The molecule has 0 spiro atoms. The summed E-state index contributed by atoms with van der Waals surface area (Å²) in [5, 5.41) is 2.74. The van der Waals surface area contributed by atoms with E-state index < -0.39 is 0 Å². The maximum Gasteiger partial charge on any atom is 0.246 e. The summed E-state index contributed by atoms with van der Waals surface area (Å²) < 4.78 is 9.64. The smallest absolute Gasteiger partial charge is 0.246 e. The quantitative estimate of drug-likeness (QED) is 0.527. The van der Waals surface area contributed by atoms with Gasteiger partial charge in [0.05, 0.1) is 0 Å². The Morgan fingerprint density at radius 2 is 2.33 bits per heavy atom. The number of rotatable bonds is 2. The van der Waals surface area contributed by atoms with Crippen molar-refractivity contribution in [3.8, 4) is 0 Å². The molecule has 0 aromatic rings. The monoisotopic (exact) mass is 103 g/mol. The van der Waals surface area contributed by atoms with Crippen LogP contribution in [0.2, 0.25) is 0 Å². The Bertz CT molecular complexity index is 61.8. The first kappa shape index (κ1) is 4.23. The van der Waals surface area contributed by atoms with Crippen LogP contribution >= 0.6 is 8.61 Å². The van der Waals surface area contributed by atoms with Crippen LogP contribution in [0.25, 0.3) is 0 Å². The molecule has 0 unspecified atom stereocenters. The average molecular weight is 103 g/mol. The minimum Gasteiger partial charge on any atom is -0.256 e. The zero-order chi connectivity index (χ0) is 4.41. The van der Waals surface area contributed by atoms with Gasteiger partial charge in [-0.05, 0) is 12.8 Å². The van der Waals surface area contributed by atoms with Gasteiger partial charge in [-0.1, -0.05) is 0 Å². The van der Waals surface area contributed by atoms with E-state index in [2.05, 4.69) is 5.09 Å². The van der Waals surface area contributed by atoms with Gasteiger partial charge < -0.3 is 0 Å². The number of hydrogen-bond donors (Lipinski definition) is 1. The molecule has 34 valence electrons. The van der Waals surface area contributed by atoms with Crippen LogP contribution in [0.15, 0.2) is 0 Å². The van der Waals surface area contributed by atoms with E-state index in [4.69, 9.17) is 0 Å². The Labute approximate surface area is 38.2 Å². The fourth-order valence-corrected chi connectivity index (χ4v) is 0.694. The molecule has 6 heavy (non-hydrogen) atoms. The topological polar surface area (TPSA) is 29.1 Å². The normalized spacial score (nSPS) is 22.0. The highest BCUT2D eigenvalue weighted by Gasteiger charge is 2.19. The first-order valence-corrected chi connectivity index (χ1v) is 2.82. The predicted molar refractivity (Wildman–Crippen MR) is 23.8 cm³/mol. The Hall–Kier alpha value is 0.0600. The lowest BCUT2D eigenvalue weighted by atomic mass is 10.8. The molecular formula is C3H6NOP. The van der Waals surface area contributed by atoms with Crippen molar-refractivity contribution in [3.05, 3.63) is 0 Å². The zero-order valence-electron chi connectivity index (χ0n) is 3.35. The summed E-state index contributed by atoms with van der Waals surface area (Å²) in [6.45, 7) is 0. The highest BCUT2D eigenvalue weighted by atomic mass is 31.1. The van der Waals surface area contributed by atoms with Gasteiger partial charge in [-0.25, -0.2) is 5.09 Å².